The fraction of sp³-hybridized carbons (Fsp3) is 0.417. The normalized spacial score (nSPS) is 20.9. The van der Waals surface area contributed by atoms with Crippen LogP contribution >= 0.6 is 0 Å². The van der Waals surface area contributed by atoms with Gasteiger partial charge in [-0.15, -0.1) is 0 Å². The van der Waals surface area contributed by atoms with Gasteiger partial charge in [0.15, 0.2) is 5.54 Å². The highest BCUT2D eigenvalue weighted by atomic mass is 16.6. The number of hydrogen-bond donors (Lipinski definition) is 1. The van der Waals surface area contributed by atoms with E-state index in [9.17, 15) is 9.59 Å². The Hall–Kier alpha value is -2.86. The largest absolute Gasteiger partial charge is 0.464 e. The Morgan fingerprint density at radius 1 is 0.900 bits per heavy atom. The van der Waals surface area contributed by atoms with E-state index >= 15 is 0 Å². The van der Waals surface area contributed by atoms with Gasteiger partial charge in [0.1, 0.15) is 6.54 Å². The van der Waals surface area contributed by atoms with Crippen LogP contribution in [-0.4, -0.2) is 43.9 Å². The molecule has 3 rings (SSSR count). The van der Waals surface area contributed by atoms with Crippen LogP contribution < -0.4 is 9.80 Å². The number of piperidine rings is 1. The number of carbonyl (C=O) groups excluding carboxylic acids is 2. The topological polar surface area (TPSA) is 60.3 Å². The second kappa shape index (κ2) is 10.3. The molecule has 30 heavy (non-hydrogen) atoms. The van der Waals surface area contributed by atoms with Gasteiger partial charge in [-0.2, -0.15) is 0 Å². The van der Waals surface area contributed by atoms with Crippen molar-refractivity contribution in [2.45, 2.75) is 38.8 Å². The first-order chi connectivity index (χ1) is 14.6. The molecule has 0 radical (unpaired) electrons. The number of benzene rings is 2. The summed E-state index contributed by atoms with van der Waals surface area (Å²) < 4.78 is 10.8. The molecule has 1 heterocycles. The summed E-state index contributed by atoms with van der Waals surface area (Å²) in [5, 5.41) is 0. The number of carbonyl (C=O) groups is 2. The standard InChI is InChI=1S/C24H30N2O4/c1-3-29-22(27)24(26(23(28)30-4-2)21-13-9-6-10-14-21)15-17-25(18-16-24)19-20-11-7-5-8-12-20/h5-14H,3-4,15-19H2,1-2H3/p+1. The van der Waals surface area contributed by atoms with E-state index in [0.717, 1.165) is 19.6 Å². The van der Waals surface area contributed by atoms with E-state index in [4.69, 9.17) is 9.47 Å². The highest BCUT2D eigenvalue weighted by Gasteiger charge is 2.52. The molecule has 1 aliphatic heterocycles. The summed E-state index contributed by atoms with van der Waals surface area (Å²) in [6.45, 7) is 6.49. The number of para-hydroxylation sites is 1. The van der Waals surface area contributed by atoms with E-state index in [1.165, 1.54) is 15.4 Å². The van der Waals surface area contributed by atoms with Crippen molar-refractivity contribution < 1.29 is 24.0 Å². The fourth-order valence-corrected chi connectivity index (χ4v) is 4.16. The lowest BCUT2D eigenvalue weighted by molar-refractivity contribution is -0.919. The van der Waals surface area contributed by atoms with Gasteiger partial charge in [-0.1, -0.05) is 48.5 Å². The Morgan fingerprint density at radius 2 is 1.47 bits per heavy atom. The summed E-state index contributed by atoms with van der Waals surface area (Å²) in [6, 6.07) is 19.6. The third-order valence-corrected chi connectivity index (χ3v) is 5.63. The van der Waals surface area contributed by atoms with Crippen LogP contribution in [0.15, 0.2) is 60.7 Å². The summed E-state index contributed by atoms with van der Waals surface area (Å²) in [6.07, 6.45) is 0.520. The predicted molar refractivity (Wildman–Crippen MR) is 115 cm³/mol. The number of esters is 1. The fourth-order valence-electron chi connectivity index (χ4n) is 4.16. The molecular formula is C24H31N2O4+. The molecule has 1 N–H and O–H groups in total. The van der Waals surface area contributed by atoms with Gasteiger partial charge in [-0.05, 0) is 26.0 Å². The maximum absolute atomic E-state index is 13.2. The quantitative estimate of drug-likeness (QED) is 0.712. The monoisotopic (exact) mass is 411 g/mol. The molecule has 0 aromatic heterocycles. The summed E-state index contributed by atoms with van der Waals surface area (Å²) >= 11 is 0. The second-order valence-electron chi connectivity index (χ2n) is 7.53. The number of likely N-dealkylation sites (tertiary alicyclic amines) is 1. The molecule has 160 valence electrons. The Morgan fingerprint density at radius 3 is 2.03 bits per heavy atom. The van der Waals surface area contributed by atoms with Crippen molar-refractivity contribution in [1.82, 2.24) is 0 Å². The van der Waals surface area contributed by atoms with Crippen molar-refractivity contribution in [2.75, 3.05) is 31.2 Å². The van der Waals surface area contributed by atoms with Gasteiger partial charge < -0.3 is 14.4 Å². The van der Waals surface area contributed by atoms with E-state index in [0.29, 0.717) is 18.5 Å². The number of ether oxygens (including phenoxy) is 2. The number of anilines is 1. The van der Waals surface area contributed by atoms with Crippen LogP contribution in [0.1, 0.15) is 32.3 Å². The maximum Gasteiger partial charge on any atom is 0.415 e. The average molecular weight is 412 g/mol. The Labute approximate surface area is 178 Å². The molecule has 1 saturated heterocycles. The minimum atomic E-state index is -1.07. The zero-order valence-electron chi connectivity index (χ0n) is 17.8. The number of quaternary nitrogens is 1. The minimum absolute atomic E-state index is 0.243. The van der Waals surface area contributed by atoms with Crippen molar-refractivity contribution in [3.8, 4) is 0 Å². The zero-order chi connectivity index (χ0) is 21.4. The van der Waals surface area contributed by atoms with E-state index < -0.39 is 11.6 Å². The number of hydrogen-bond acceptors (Lipinski definition) is 4. The smallest absolute Gasteiger partial charge is 0.415 e. The maximum atomic E-state index is 13.2. The predicted octanol–water partition coefficient (Wildman–Crippen LogP) is 2.83. The van der Waals surface area contributed by atoms with Crippen LogP contribution in [0.5, 0.6) is 0 Å². The highest BCUT2D eigenvalue weighted by molar-refractivity contribution is 5.99. The Kier molecular flexibility index (Phi) is 7.46. The van der Waals surface area contributed by atoms with Crippen LogP contribution in [0.4, 0.5) is 10.5 Å². The number of nitrogens with zero attached hydrogens (tertiary/aromatic N) is 1. The first-order valence-electron chi connectivity index (χ1n) is 10.7. The summed E-state index contributed by atoms with van der Waals surface area (Å²) in [4.78, 5) is 29.2. The van der Waals surface area contributed by atoms with Crippen LogP contribution in [0.25, 0.3) is 0 Å². The SMILES string of the molecule is CCOC(=O)N(c1ccccc1)C1(C(=O)OCC)CC[NH+](Cc2ccccc2)CC1. The second-order valence-corrected chi connectivity index (χ2v) is 7.53. The molecule has 6 heteroatoms. The van der Waals surface area contributed by atoms with E-state index in [1.807, 2.05) is 48.5 Å². The molecule has 0 aliphatic carbocycles. The zero-order valence-corrected chi connectivity index (χ0v) is 17.8. The third kappa shape index (κ3) is 4.82. The molecule has 0 unspecified atom stereocenters. The van der Waals surface area contributed by atoms with Crippen LogP contribution in [-0.2, 0) is 20.8 Å². The van der Waals surface area contributed by atoms with E-state index in [2.05, 4.69) is 12.1 Å². The molecule has 0 spiro atoms. The summed E-state index contributed by atoms with van der Waals surface area (Å²) in [5.74, 6) is -0.360. The van der Waals surface area contributed by atoms with Crippen LogP contribution in [0.3, 0.4) is 0 Å². The number of amides is 1. The summed E-state index contributed by atoms with van der Waals surface area (Å²) in [5.41, 5.74) is 0.848. The van der Waals surface area contributed by atoms with Crippen molar-refractivity contribution in [2.24, 2.45) is 0 Å². The average Bonchev–Trinajstić information content (AvgIpc) is 2.77. The first kappa shape index (κ1) is 21.8. The Balaban J connectivity index is 1.89. The van der Waals surface area contributed by atoms with Crippen molar-refractivity contribution in [3.63, 3.8) is 0 Å². The van der Waals surface area contributed by atoms with Gasteiger partial charge in [-0.25, -0.2) is 9.59 Å². The van der Waals surface area contributed by atoms with Gasteiger partial charge in [0.05, 0.1) is 26.3 Å². The molecular weight excluding hydrogens is 380 g/mol. The van der Waals surface area contributed by atoms with Gasteiger partial charge in [-0.3, -0.25) is 4.90 Å². The molecule has 1 amide bonds. The Bertz CT molecular complexity index is 818. The first-order valence-corrected chi connectivity index (χ1v) is 10.7. The van der Waals surface area contributed by atoms with Gasteiger partial charge in [0.2, 0.25) is 0 Å². The molecule has 1 fully saturated rings. The van der Waals surface area contributed by atoms with Gasteiger partial charge in [0.25, 0.3) is 0 Å². The highest BCUT2D eigenvalue weighted by Crippen LogP contribution is 2.33. The van der Waals surface area contributed by atoms with E-state index in [-0.39, 0.29) is 19.2 Å². The van der Waals surface area contributed by atoms with Gasteiger partial charge >= 0.3 is 12.1 Å². The number of rotatable bonds is 7. The van der Waals surface area contributed by atoms with Crippen LogP contribution in [0, 0.1) is 0 Å². The lowest BCUT2D eigenvalue weighted by Crippen LogP contribution is -3.12. The van der Waals surface area contributed by atoms with E-state index in [1.54, 1.807) is 13.8 Å². The van der Waals surface area contributed by atoms with Gasteiger partial charge in [0, 0.05) is 24.1 Å². The molecule has 6 nitrogen and oxygen atoms in total. The lowest BCUT2D eigenvalue weighted by Gasteiger charge is -2.44. The molecule has 2 aromatic rings. The van der Waals surface area contributed by atoms with Crippen LogP contribution in [0.2, 0.25) is 0 Å². The molecule has 0 bridgehead atoms. The minimum Gasteiger partial charge on any atom is -0.464 e. The third-order valence-electron chi connectivity index (χ3n) is 5.63. The molecule has 0 atom stereocenters. The molecule has 1 aliphatic rings. The number of nitrogens with one attached hydrogen (secondary N) is 1. The molecule has 2 aromatic carbocycles. The van der Waals surface area contributed by atoms with Crippen molar-refractivity contribution in [3.05, 3.63) is 66.2 Å². The van der Waals surface area contributed by atoms with Crippen molar-refractivity contribution >= 4 is 17.7 Å². The lowest BCUT2D eigenvalue weighted by atomic mass is 9.85. The molecule has 0 saturated carbocycles. The van der Waals surface area contributed by atoms with Crippen molar-refractivity contribution in [1.29, 1.82) is 0 Å². The summed E-state index contributed by atoms with van der Waals surface area (Å²) in [7, 11) is 0.